The molecule has 0 aliphatic rings. The third-order valence-electron chi connectivity index (χ3n) is 0.980. The van der Waals surface area contributed by atoms with Crippen molar-refractivity contribution in [1.29, 1.82) is 0 Å². The molecule has 1 heteroatoms. The fraction of sp³-hybridized carbons (Fsp3) is 0. The standard InChI is InChI=1S/C8H7.Pd/c1-2-8-6-4-3-5-7-8;/h2,4-7H,1H2;/q-1;. The average Bonchev–Trinajstić information content (AvgIpc) is 1.90. The molecule has 0 aliphatic heterocycles. The molecule has 0 heterocycles. The zero-order chi connectivity index (χ0) is 5.82. The monoisotopic (exact) mass is 209 g/mol. The van der Waals surface area contributed by atoms with E-state index in [0.717, 1.165) is 5.56 Å². The van der Waals surface area contributed by atoms with Gasteiger partial charge in [-0.3, -0.25) is 0 Å². The maximum Gasteiger partial charge on any atom is 0 e. The Labute approximate surface area is 69.3 Å². The van der Waals surface area contributed by atoms with Crippen LogP contribution in [0.15, 0.2) is 30.8 Å². The van der Waals surface area contributed by atoms with Crippen LogP contribution in [-0.4, -0.2) is 0 Å². The molecule has 0 saturated heterocycles. The van der Waals surface area contributed by atoms with Gasteiger partial charge in [-0.05, 0) is 0 Å². The number of benzene rings is 1. The predicted molar refractivity (Wildman–Crippen MR) is 35.4 cm³/mol. The van der Waals surface area contributed by atoms with E-state index in [4.69, 9.17) is 0 Å². The van der Waals surface area contributed by atoms with Crippen molar-refractivity contribution in [3.8, 4) is 0 Å². The summed E-state index contributed by atoms with van der Waals surface area (Å²) in [7, 11) is 0. The predicted octanol–water partition coefficient (Wildman–Crippen LogP) is 2.13. The second kappa shape index (κ2) is 4.50. The van der Waals surface area contributed by atoms with Gasteiger partial charge in [-0.15, -0.1) is 12.1 Å². The minimum atomic E-state index is 0. The summed E-state index contributed by atoms with van der Waals surface area (Å²) in [4.78, 5) is 0. The van der Waals surface area contributed by atoms with Crippen molar-refractivity contribution in [1.82, 2.24) is 0 Å². The third-order valence-corrected chi connectivity index (χ3v) is 0.980. The van der Waals surface area contributed by atoms with Crippen molar-refractivity contribution >= 4 is 6.08 Å². The van der Waals surface area contributed by atoms with Gasteiger partial charge in [0.25, 0.3) is 0 Å². The van der Waals surface area contributed by atoms with Crippen LogP contribution in [-0.2, 0) is 20.4 Å². The van der Waals surface area contributed by atoms with Gasteiger partial charge in [-0.2, -0.15) is 30.3 Å². The van der Waals surface area contributed by atoms with Crippen LogP contribution in [0, 0.1) is 6.07 Å². The molecule has 0 spiro atoms. The van der Waals surface area contributed by atoms with E-state index in [-0.39, 0.29) is 20.4 Å². The molecule has 0 unspecified atom stereocenters. The van der Waals surface area contributed by atoms with E-state index in [9.17, 15) is 0 Å². The fourth-order valence-electron chi connectivity index (χ4n) is 0.536. The topological polar surface area (TPSA) is 0 Å². The van der Waals surface area contributed by atoms with E-state index in [1.165, 1.54) is 0 Å². The second-order valence-corrected chi connectivity index (χ2v) is 1.54. The van der Waals surface area contributed by atoms with Crippen LogP contribution in [0.3, 0.4) is 0 Å². The molecular weight excluding hydrogens is 203 g/mol. The van der Waals surface area contributed by atoms with Crippen molar-refractivity contribution in [2.45, 2.75) is 0 Å². The zero-order valence-electron chi connectivity index (χ0n) is 4.91. The van der Waals surface area contributed by atoms with Gasteiger partial charge < -0.3 is 0 Å². The summed E-state index contributed by atoms with van der Waals surface area (Å²) in [6.07, 6.45) is 1.81. The van der Waals surface area contributed by atoms with Crippen molar-refractivity contribution < 1.29 is 20.4 Å². The Morgan fingerprint density at radius 2 is 1.89 bits per heavy atom. The first-order valence-corrected chi connectivity index (χ1v) is 2.52. The summed E-state index contributed by atoms with van der Waals surface area (Å²) in [5, 5.41) is 0. The molecule has 0 amide bonds. The van der Waals surface area contributed by atoms with E-state index < -0.39 is 0 Å². The van der Waals surface area contributed by atoms with Crippen LogP contribution < -0.4 is 0 Å². The van der Waals surface area contributed by atoms with Gasteiger partial charge in [0.1, 0.15) is 0 Å². The Bertz CT molecular complexity index is 167. The Balaban J connectivity index is 0.000000640. The molecule has 0 atom stereocenters. The van der Waals surface area contributed by atoms with Gasteiger partial charge in [0.05, 0.1) is 0 Å². The third kappa shape index (κ3) is 2.60. The minimum absolute atomic E-state index is 0. The molecular formula is C8H7Pd-. The van der Waals surface area contributed by atoms with Gasteiger partial charge in [0.2, 0.25) is 0 Å². The van der Waals surface area contributed by atoms with Gasteiger partial charge >= 0.3 is 0 Å². The molecule has 0 N–H and O–H groups in total. The van der Waals surface area contributed by atoms with Gasteiger partial charge in [0.15, 0.2) is 0 Å². The minimum Gasteiger partial charge on any atom is -0.184 e. The molecule has 1 aromatic rings. The molecule has 1 rings (SSSR count). The molecule has 0 nitrogen and oxygen atoms in total. The van der Waals surface area contributed by atoms with Crippen molar-refractivity contribution in [2.75, 3.05) is 0 Å². The quantitative estimate of drug-likeness (QED) is 0.491. The zero-order valence-corrected chi connectivity index (χ0v) is 6.46. The van der Waals surface area contributed by atoms with Crippen molar-refractivity contribution in [3.05, 3.63) is 42.5 Å². The molecule has 0 fully saturated rings. The van der Waals surface area contributed by atoms with Crippen LogP contribution in [0.1, 0.15) is 5.56 Å². The number of hydrogen-bond acceptors (Lipinski definition) is 0. The van der Waals surface area contributed by atoms with Crippen LogP contribution in [0.2, 0.25) is 0 Å². The van der Waals surface area contributed by atoms with Crippen molar-refractivity contribution in [2.24, 2.45) is 0 Å². The molecule has 0 bridgehead atoms. The van der Waals surface area contributed by atoms with Gasteiger partial charge in [0, 0.05) is 20.4 Å². The maximum absolute atomic E-state index is 3.62. The van der Waals surface area contributed by atoms with Crippen molar-refractivity contribution in [3.63, 3.8) is 0 Å². The Morgan fingerprint density at radius 1 is 1.33 bits per heavy atom. The number of hydrogen-bond donors (Lipinski definition) is 0. The Hall–Kier alpha value is -0.378. The van der Waals surface area contributed by atoms with E-state index in [1.807, 2.05) is 30.3 Å². The van der Waals surface area contributed by atoms with Crippen LogP contribution >= 0.6 is 0 Å². The first-order valence-electron chi connectivity index (χ1n) is 2.52. The Kier molecular flexibility index (Phi) is 4.31. The van der Waals surface area contributed by atoms with E-state index in [0.29, 0.717) is 0 Å². The van der Waals surface area contributed by atoms with Gasteiger partial charge in [-0.1, -0.05) is 6.08 Å². The Morgan fingerprint density at radius 3 is 2.22 bits per heavy atom. The van der Waals surface area contributed by atoms with E-state index in [2.05, 4.69) is 12.6 Å². The van der Waals surface area contributed by atoms with E-state index in [1.54, 1.807) is 0 Å². The average molecular weight is 210 g/mol. The molecule has 9 heavy (non-hydrogen) atoms. The summed E-state index contributed by atoms with van der Waals surface area (Å²) < 4.78 is 0. The number of rotatable bonds is 1. The smallest absolute Gasteiger partial charge is 0 e. The molecule has 0 aliphatic carbocycles. The summed E-state index contributed by atoms with van der Waals surface area (Å²) in [5.41, 5.74) is 1.14. The second-order valence-electron chi connectivity index (χ2n) is 1.54. The summed E-state index contributed by atoms with van der Waals surface area (Å²) in [5.74, 6) is 0. The fourth-order valence-corrected chi connectivity index (χ4v) is 0.536. The SMILES string of the molecule is C=Cc1cc[c-]cc1.[Pd]. The first kappa shape index (κ1) is 8.62. The molecule has 0 aromatic heterocycles. The largest absolute Gasteiger partial charge is 0.184 e. The van der Waals surface area contributed by atoms with Crippen LogP contribution in [0.4, 0.5) is 0 Å². The molecule has 0 saturated carbocycles. The normalized spacial score (nSPS) is 7.56. The van der Waals surface area contributed by atoms with Crippen LogP contribution in [0.5, 0.6) is 0 Å². The summed E-state index contributed by atoms with van der Waals surface area (Å²) in [6.45, 7) is 3.62. The summed E-state index contributed by atoms with van der Waals surface area (Å²) in [6, 6.07) is 10.6. The molecule has 1 aromatic carbocycles. The first-order chi connectivity index (χ1) is 3.93. The van der Waals surface area contributed by atoms with E-state index >= 15 is 0 Å². The molecule has 0 radical (unpaired) electrons. The summed E-state index contributed by atoms with van der Waals surface area (Å²) >= 11 is 0. The van der Waals surface area contributed by atoms with Crippen LogP contribution in [0.25, 0.3) is 6.08 Å². The van der Waals surface area contributed by atoms with Gasteiger partial charge in [-0.25, -0.2) is 0 Å². The molecule has 50 valence electrons. The maximum atomic E-state index is 3.62.